The molecule has 1 N–H and O–H groups in total. The van der Waals surface area contributed by atoms with Gasteiger partial charge in [0.1, 0.15) is 6.04 Å². The standard InChI is InChI=1S/C28H39ClN2O2/c1-7-25(27(33)30-18-20(2)3)31(19-22-10-15-24(29)16-11-22)26(32)17-12-21-8-13-23(14-9-21)28(4,5)6/h8-11,13-16,20,25H,7,12,17-19H2,1-6H3,(H,30,33)/t25-/m1/s1. The maximum absolute atomic E-state index is 13.4. The summed E-state index contributed by atoms with van der Waals surface area (Å²) in [7, 11) is 0. The molecule has 180 valence electrons. The average molecular weight is 471 g/mol. The SMILES string of the molecule is CC[C@H](C(=O)NCC(C)C)N(Cc1ccc(Cl)cc1)C(=O)CCc1ccc(C(C)(C)C)cc1. The lowest BCUT2D eigenvalue weighted by Gasteiger charge is -2.31. The molecule has 2 aromatic carbocycles. The van der Waals surface area contributed by atoms with Crippen molar-refractivity contribution in [2.45, 2.75) is 78.8 Å². The summed E-state index contributed by atoms with van der Waals surface area (Å²) >= 11 is 6.03. The molecule has 0 aliphatic heterocycles. The van der Waals surface area contributed by atoms with Crippen molar-refractivity contribution < 1.29 is 9.59 Å². The molecule has 0 saturated carbocycles. The highest BCUT2D eigenvalue weighted by molar-refractivity contribution is 6.30. The molecule has 0 saturated heterocycles. The minimum absolute atomic E-state index is 0.0172. The third-order valence-corrected chi connectivity index (χ3v) is 6.04. The maximum atomic E-state index is 13.4. The van der Waals surface area contributed by atoms with Gasteiger partial charge in [-0.05, 0) is 53.0 Å². The predicted octanol–water partition coefficient (Wildman–Crippen LogP) is 6.15. The highest BCUT2D eigenvalue weighted by Crippen LogP contribution is 2.23. The zero-order chi connectivity index (χ0) is 24.6. The van der Waals surface area contributed by atoms with E-state index in [-0.39, 0.29) is 17.2 Å². The lowest BCUT2D eigenvalue weighted by atomic mass is 9.86. The van der Waals surface area contributed by atoms with Crippen LogP contribution in [0.15, 0.2) is 48.5 Å². The highest BCUT2D eigenvalue weighted by atomic mass is 35.5. The van der Waals surface area contributed by atoms with Crippen LogP contribution in [0, 0.1) is 5.92 Å². The number of halogens is 1. The topological polar surface area (TPSA) is 49.4 Å². The fourth-order valence-corrected chi connectivity index (χ4v) is 3.82. The van der Waals surface area contributed by atoms with Crippen molar-refractivity contribution >= 4 is 23.4 Å². The molecular formula is C28H39ClN2O2. The van der Waals surface area contributed by atoms with Crippen molar-refractivity contribution in [3.63, 3.8) is 0 Å². The largest absolute Gasteiger partial charge is 0.354 e. The molecule has 5 heteroatoms. The van der Waals surface area contributed by atoms with Crippen molar-refractivity contribution in [3.05, 3.63) is 70.2 Å². The summed E-state index contributed by atoms with van der Waals surface area (Å²) in [6.45, 7) is 13.6. The fourth-order valence-electron chi connectivity index (χ4n) is 3.69. The molecule has 0 heterocycles. The molecule has 0 aliphatic carbocycles. The Labute approximate surface area is 204 Å². The lowest BCUT2D eigenvalue weighted by molar-refractivity contribution is -0.141. The zero-order valence-electron chi connectivity index (χ0n) is 21.0. The van der Waals surface area contributed by atoms with Crippen LogP contribution in [0.25, 0.3) is 0 Å². The van der Waals surface area contributed by atoms with E-state index in [1.165, 1.54) is 5.56 Å². The quantitative estimate of drug-likeness (QED) is 0.452. The maximum Gasteiger partial charge on any atom is 0.242 e. The number of nitrogens with zero attached hydrogens (tertiary/aromatic N) is 1. The molecule has 2 aromatic rings. The molecule has 0 aliphatic rings. The Hall–Kier alpha value is -2.33. The van der Waals surface area contributed by atoms with E-state index in [0.29, 0.717) is 43.3 Å². The monoisotopic (exact) mass is 470 g/mol. The second-order valence-electron chi connectivity index (χ2n) is 10.2. The molecule has 0 aromatic heterocycles. The minimum Gasteiger partial charge on any atom is -0.354 e. The number of carbonyl (C=O) groups is 2. The van der Waals surface area contributed by atoms with Crippen molar-refractivity contribution in [2.24, 2.45) is 5.92 Å². The Morgan fingerprint density at radius 3 is 2.06 bits per heavy atom. The number of benzene rings is 2. The number of rotatable bonds is 10. The van der Waals surface area contributed by atoms with Crippen LogP contribution >= 0.6 is 11.6 Å². The molecule has 0 radical (unpaired) electrons. The number of hydrogen-bond acceptors (Lipinski definition) is 2. The van der Waals surface area contributed by atoms with Gasteiger partial charge in [0.05, 0.1) is 0 Å². The fraction of sp³-hybridized carbons (Fsp3) is 0.500. The summed E-state index contributed by atoms with van der Waals surface area (Å²) in [6.07, 6.45) is 1.56. The lowest BCUT2D eigenvalue weighted by Crippen LogP contribution is -2.49. The van der Waals surface area contributed by atoms with Crippen LogP contribution in [0.1, 0.15) is 71.1 Å². The van der Waals surface area contributed by atoms with Gasteiger partial charge in [-0.15, -0.1) is 0 Å². The van der Waals surface area contributed by atoms with Crippen LogP contribution in [-0.2, 0) is 28.0 Å². The first-order valence-corrected chi connectivity index (χ1v) is 12.3. The molecule has 2 rings (SSSR count). The van der Waals surface area contributed by atoms with E-state index in [1.807, 2.05) is 31.2 Å². The van der Waals surface area contributed by atoms with Crippen molar-refractivity contribution in [1.82, 2.24) is 10.2 Å². The van der Waals surface area contributed by atoms with Crippen LogP contribution in [0.4, 0.5) is 0 Å². The molecule has 0 bridgehead atoms. The van der Waals surface area contributed by atoms with E-state index < -0.39 is 6.04 Å². The summed E-state index contributed by atoms with van der Waals surface area (Å²) in [4.78, 5) is 28.0. The summed E-state index contributed by atoms with van der Waals surface area (Å²) in [5.41, 5.74) is 3.45. The van der Waals surface area contributed by atoms with Crippen LogP contribution < -0.4 is 5.32 Å². The summed E-state index contributed by atoms with van der Waals surface area (Å²) in [6, 6.07) is 15.4. The Morgan fingerprint density at radius 1 is 0.970 bits per heavy atom. The second kappa shape index (κ2) is 12.2. The summed E-state index contributed by atoms with van der Waals surface area (Å²) in [5.74, 6) is 0.238. The third-order valence-electron chi connectivity index (χ3n) is 5.78. The second-order valence-corrected chi connectivity index (χ2v) is 10.6. The van der Waals surface area contributed by atoms with Gasteiger partial charge in [0.2, 0.25) is 11.8 Å². The third kappa shape index (κ3) is 8.51. The van der Waals surface area contributed by atoms with E-state index in [2.05, 4.69) is 64.2 Å². The van der Waals surface area contributed by atoms with Gasteiger partial charge in [-0.1, -0.05) is 89.5 Å². The van der Waals surface area contributed by atoms with Gasteiger partial charge < -0.3 is 10.2 Å². The van der Waals surface area contributed by atoms with Crippen LogP contribution in [0.5, 0.6) is 0 Å². The van der Waals surface area contributed by atoms with Gasteiger partial charge >= 0.3 is 0 Å². The summed E-state index contributed by atoms with van der Waals surface area (Å²) < 4.78 is 0. The number of aryl methyl sites for hydroxylation is 1. The van der Waals surface area contributed by atoms with Gasteiger partial charge in [-0.2, -0.15) is 0 Å². The minimum atomic E-state index is -0.504. The predicted molar refractivity (Wildman–Crippen MR) is 137 cm³/mol. The first-order chi connectivity index (χ1) is 15.5. The molecular weight excluding hydrogens is 432 g/mol. The molecule has 0 unspecified atom stereocenters. The van der Waals surface area contributed by atoms with E-state index in [9.17, 15) is 9.59 Å². The molecule has 4 nitrogen and oxygen atoms in total. The Morgan fingerprint density at radius 2 is 1.55 bits per heavy atom. The number of amides is 2. The van der Waals surface area contributed by atoms with E-state index in [4.69, 9.17) is 11.6 Å². The molecule has 1 atom stereocenters. The molecule has 0 fully saturated rings. The Bertz CT molecular complexity index is 899. The zero-order valence-corrected chi connectivity index (χ0v) is 21.7. The van der Waals surface area contributed by atoms with Crippen LogP contribution in [0.3, 0.4) is 0 Å². The van der Waals surface area contributed by atoms with Crippen LogP contribution in [-0.4, -0.2) is 29.3 Å². The Kier molecular flexibility index (Phi) is 9.97. The smallest absolute Gasteiger partial charge is 0.242 e. The first-order valence-electron chi connectivity index (χ1n) is 11.9. The highest BCUT2D eigenvalue weighted by Gasteiger charge is 2.28. The molecule has 2 amide bonds. The van der Waals surface area contributed by atoms with Gasteiger partial charge in [0, 0.05) is 24.5 Å². The van der Waals surface area contributed by atoms with Crippen molar-refractivity contribution in [3.8, 4) is 0 Å². The van der Waals surface area contributed by atoms with Gasteiger partial charge in [0.15, 0.2) is 0 Å². The number of carbonyl (C=O) groups excluding carboxylic acids is 2. The van der Waals surface area contributed by atoms with Gasteiger partial charge in [0.25, 0.3) is 0 Å². The van der Waals surface area contributed by atoms with Crippen molar-refractivity contribution in [2.75, 3.05) is 6.54 Å². The van der Waals surface area contributed by atoms with Gasteiger partial charge in [-0.25, -0.2) is 0 Å². The van der Waals surface area contributed by atoms with Crippen LogP contribution in [0.2, 0.25) is 5.02 Å². The van der Waals surface area contributed by atoms with Gasteiger partial charge in [-0.3, -0.25) is 9.59 Å². The average Bonchev–Trinajstić information content (AvgIpc) is 2.76. The number of nitrogens with one attached hydrogen (secondary N) is 1. The van der Waals surface area contributed by atoms with E-state index in [1.54, 1.807) is 4.90 Å². The molecule has 33 heavy (non-hydrogen) atoms. The summed E-state index contributed by atoms with van der Waals surface area (Å²) in [5, 5.41) is 3.65. The Balaban J connectivity index is 2.17. The van der Waals surface area contributed by atoms with E-state index in [0.717, 1.165) is 11.1 Å². The molecule has 0 spiro atoms. The first kappa shape index (κ1) is 26.9. The normalized spacial score (nSPS) is 12.5. The van der Waals surface area contributed by atoms with E-state index >= 15 is 0 Å². The van der Waals surface area contributed by atoms with Crippen molar-refractivity contribution in [1.29, 1.82) is 0 Å². The number of hydrogen-bond donors (Lipinski definition) is 1.